The standard InChI is InChI=1S/C21H21FN4O5/c22-16-4-1-2-5-17(16)23-10-12-24(13-11-23)20(27)6-3-9-25-18-8-7-15(26(29)30)14-19(18)31-21(25)28/h1-2,4-5,7-8,14H,3,6,9-13H2. The molecule has 2 heterocycles. The van der Waals surface area contributed by atoms with E-state index in [9.17, 15) is 24.1 Å². The molecule has 0 saturated carbocycles. The van der Waals surface area contributed by atoms with Crippen LogP contribution in [0.15, 0.2) is 51.7 Å². The highest BCUT2D eigenvalue weighted by Crippen LogP contribution is 2.22. The first-order chi connectivity index (χ1) is 14.9. The van der Waals surface area contributed by atoms with E-state index in [2.05, 4.69) is 0 Å². The molecular weight excluding hydrogens is 407 g/mol. The van der Waals surface area contributed by atoms with Crippen LogP contribution in [-0.4, -0.2) is 46.5 Å². The van der Waals surface area contributed by atoms with Gasteiger partial charge in [0.05, 0.1) is 22.2 Å². The van der Waals surface area contributed by atoms with Crippen molar-refractivity contribution in [2.24, 2.45) is 0 Å². The molecule has 0 spiro atoms. The summed E-state index contributed by atoms with van der Waals surface area (Å²) in [5, 5.41) is 10.9. The number of piperazine rings is 1. The van der Waals surface area contributed by atoms with Crippen molar-refractivity contribution in [3.8, 4) is 0 Å². The van der Waals surface area contributed by atoms with Crippen molar-refractivity contribution in [1.29, 1.82) is 0 Å². The van der Waals surface area contributed by atoms with Gasteiger partial charge in [0.1, 0.15) is 5.82 Å². The molecule has 0 unspecified atom stereocenters. The fourth-order valence-electron chi connectivity index (χ4n) is 3.83. The van der Waals surface area contributed by atoms with Crippen LogP contribution in [0.3, 0.4) is 0 Å². The number of hydrogen-bond acceptors (Lipinski definition) is 6. The maximum absolute atomic E-state index is 13.9. The highest BCUT2D eigenvalue weighted by atomic mass is 19.1. The Hall–Kier alpha value is -3.69. The quantitative estimate of drug-likeness (QED) is 0.442. The van der Waals surface area contributed by atoms with Gasteiger partial charge in [-0.15, -0.1) is 0 Å². The lowest BCUT2D eigenvalue weighted by Gasteiger charge is -2.36. The number of fused-ring (bicyclic) bond motifs is 1. The van der Waals surface area contributed by atoms with Gasteiger partial charge < -0.3 is 14.2 Å². The summed E-state index contributed by atoms with van der Waals surface area (Å²) in [6.45, 7) is 2.38. The number of amides is 1. The second-order valence-electron chi connectivity index (χ2n) is 7.35. The minimum atomic E-state index is -0.610. The zero-order valence-electron chi connectivity index (χ0n) is 16.7. The monoisotopic (exact) mass is 428 g/mol. The van der Waals surface area contributed by atoms with Gasteiger partial charge in [-0.25, -0.2) is 9.18 Å². The minimum Gasteiger partial charge on any atom is -0.407 e. The first-order valence-corrected chi connectivity index (χ1v) is 9.99. The summed E-state index contributed by atoms with van der Waals surface area (Å²) in [7, 11) is 0. The van der Waals surface area contributed by atoms with Crippen LogP contribution < -0.4 is 10.7 Å². The zero-order valence-corrected chi connectivity index (χ0v) is 16.7. The Bertz CT molecular complexity index is 1180. The second-order valence-corrected chi connectivity index (χ2v) is 7.35. The van der Waals surface area contributed by atoms with Gasteiger partial charge in [-0.05, 0) is 24.6 Å². The third kappa shape index (κ3) is 4.27. The van der Waals surface area contributed by atoms with E-state index in [1.165, 1.54) is 28.8 Å². The molecule has 1 aliphatic heterocycles. The van der Waals surface area contributed by atoms with Crippen LogP contribution in [0, 0.1) is 15.9 Å². The maximum Gasteiger partial charge on any atom is 0.419 e. The normalized spacial score (nSPS) is 14.2. The second kappa shape index (κ2) is 8.58. The number of non-ortho nitro benzene ring substituents is 1. The number of nitrogens with zero attached hydrogens (tertiary/aromatic N) is 4. The number of anilines is 1. The molecule has 0 atom stereocenters. The lowest BCUT2D eigenvalue weighted by Crippen LogP contribution is -2.49. The number of carbonyl (C=O) groups is 1. The van der Waals surface area contributed by atoms with Crippen LogP contribution in [0.2, 0.25) is 0 Å². The Morgan fingerprint density at radius 3 is 2.58 bits per heavy atom. The Morgan fingerprint density at radius 2 is 1.87 bits per heavy atom. The van der Waals surface area contributed by atoms with Crippen LogP contribution in [0.1, 0.15) is 12.8 Å². The van der Waals surface area contributed by atoms with Crippen molar-refractivity contribution in [3.05, 3.63) is 68.9 Å². The molecule has 1 amide bonds. The summed E-state index contributed by atoms with van der Waals surface area (Å²) in [5.74, 6) is -0.906. The number of rotatable bonds is 6. The molecule has 1 saturated heterocycles. The number of hydrogen-bond donors (Lipinski definition) is 0. The number of halogens is 1. The van der Waals surface area contributed by atoms with Crippen LogP contribution in [0.5, 0.6) is 0 Å². The first kappa shape index (κ1) is 20.6. The maximum atomic E-state index is 13.9. The van der Waals surface area contributed by atoms with E-state index in [1.807, 2.05) is 4.90 Å². The minimum absolute atomic E-state index is 0.0235. The molecule has 1 aromatic heterocycles. The van der Waals surface area contributed by atoms with Gasteiger partial charge in [0, 0.05) is 45.2 Å². The van der Waals surface area contributed by atoms with E-state index >= 15 is 0 Å². The van der Waals surface area contributed by atoms with Gasteiger partial charge >= 0.3 is 5.76 Å². The molecule has 0 aliphatic carbocycles. The van der Waals surface area contributed by atoms with Crippen molar-refractivity contribution < 1.29 is 18.5 Å². The Balaban J connectivity index is 1.32. The third-order valence-electron chi connectivity index (χ3n) is 5.46. The highest BCUT2D eigenvalue weighted by Gasteiger charge is 2.22. The van der Waals surface area contributed by atoms with Crippen molar-refractivity contribution in [3.63, 3.8) is 0 Å². The molecule has 2 aromatic carbocycles. The van der Waals surface area contributed by atoms with Crippen LogP contribution >= 0.6 is 0 Å². The summed E-state index contributed by atoms with van der Waals surface area (Å²) < 4.78 is 20.4. The van der Waals surface area contributed by atoms with Crippen molar-refractivity contribution in [2.75, 3.05) is 31.1 Å². The lowest BCUT2D eigenvalue weighted by molar-refractivity contribution is -0.384. The smallest absolute Gasteiger partial charge is 0.407 e. The summed E-state index contributed by atoms with van der Waals surface area (Å²) in [4.78, 5) is 38.6. The first-order valence-electron chi connectivity index (χ1n) is 9.99. The summed E-state index contributed by atoms with van der Waals surface area (Å²) >= 11 is 0. The predicted octanol–water partition coefficient (Wildman–Crippen LogP) is 2.77. The molecule has 4 rings (SSSR count). The number of nitro benzene ring substituents is 1. The highest BCUT2D eigenvalue weighted by molar-refractivity contribution is 5.77. The number of oxazole rings is 1. The Labute approximate surface area is 176 Å². The molecule has 1 fully saturated rings. The van der Waals surface area contributed by atoms with E-state index < -0.39 is 10.7 Å². The van der Waals surface area contributed by atoms with E-state index in [0.717, 1.165) is 0 Å². The Kier molecular flexibility index (Phi) is 5.70. The zero-order chi connectivity index (χ0) is 22.0. The number of para-hydroxylation sites is 1. The fraction of sp³-hybridized carbons (Fsp3) is 0.333. The average molecular weight is 428 g/mol. The molecule has 0 bridgehead atoms. The molecule has 3 aromatic rings. The van der Waals surface area contributed by atoms with E-state index in [4.69, 9.17) is 4.42 Å². The lowest BCUT2D eigenvalue weighted by atomic mass is 10.2. The topological polar surface area (TPSA) is 102 Å². The van der Waals surface area contributed by atoms with Gasteiger partial charge in [-0.3, -0.25) is 19.5 Å². The number of aromatic nitrogens is 1. The number of nitro groups is 1. The van der Waals surface area contributed by atoms with Gasteiger partial charge in [-0.2, -0.15) is 0 Å². The number of carbonyl (C=O) groups excluding carboxylic acids is 1. The largest absolute Gasteiger partial charge is 0.419 e. The summed E-state index contributed by atoms with van der Waals surface area (Å²) in [6.07, 6.45) is 0.684. The molecule has 1 aliphatic rings. The molecule has 10 heteroatoms. The molecule has 9 nitrogen and oxygen atoms in total. The molecule has 162 valence electrons. The van der Waals surface area contributed by atoms with Crippen LogP contribution in [0.25, 0.3) is 11.1 Å². The number of benzene rings is 2. The SMILES string of the molecule is O=C(CCCn1c(=O)oc2cc([N+](=O)[O-])ccc21)N1CCN(c2ccccc2F)CC1. The van der Waals surface area contributed by atoms with Gasteiger partial charge in [-0.1, -0.05) is 12.1 Å². The molecule has 31 heavy (non-hydrogen) atoms. The van der Waals surface area contributed by atoms with Crippen molar-refractivity contribution >= 4 is 28.4 Å². The predicted molar refractivity (Wildman–Crippen MR) is 112 cm³/mol. The molecular formula is C21H21FN4O5. The van der Waals surface area contributed by atoms with Crippen LogP contribution in [0.4, 0.5) is 15.8 Å². The van der Waals surface area contributed by atoms with Crippen LogP contribution in [-0.2, 0) is 11.3 Å². The molecule has 0 radical (unpaired) electrons. The van der Waals surface area contributed by atoms with Gasteiger partial charge in [0.25, 0.3) is 5.69 Å². The van der Waals surface area contributed by atoms with E-state index in [1.54, 1.807) is 23.1 Å². The van der Waals surface area contributed by atoms with Crippen molar-refractivity contribution in [2.45, 2.75) is 19.4 Å². The Morgan fingerprint density at radius 1 is 1.13 bits per heavy atom. The van der Waals surface area contributed by atoms with Crippen molar-refractivity contribution in [1.82, 2.24) is 9.47 Å². The summed E-state index contributed by atoms with van der Waals surface area (Å²) in [6, 6.07) is 10.6. The van der Waals surface area contributed by atoms with Gasteiger partial charge in [0.15, 0.2) is 5.58 Å². The average Bonchev–Trinajstić information content (AvgIpc) is 3.08. The van der Waals surface area contributed by atoms with Gasteiger partial charge in [0.2, 0.25) is 5.91 Å². The molecule has 0 N–H and O–H groups in total. The summed E-state index contributed by atoms with van der Waals surface area (Å²) in [5.41, 5.74) is 0.996. The third-order valence-corrected chi connectivity index (χ3v) is 5.46. The number of aryl methyl sites for hydroxylation is 1. The van der Waals surface area contributed by atoms with E-state index in [-0.39, 0.29) is 36.0 Å². The van der Waals surface area contributed by atoms with E-state index in [0.29, 0.717) is 43.8 Å². The fourth-order valence-corrected chi connectivity index (χ4v) is 3.83.